The highest BCUT2D eigenvalue weighted by Gasteiger charge is 2.22. The van der Waals surface area contributed by atoms with Gasteiger partial charge >= 0.3 is 0 Å². The lowest BCUT2D eigenvalue weighted by Gasteiger charge is -2.24. The first-order valence-corrected chi connectivity index (χ1v) is 8.38. The molecule has 0 saturated carbocycles. The fraction of sp³-hybridized carbons (Fsp3) is 0.263. The molecule has 1 amide bonds. The number of benzene rings is 2. The third-order valence-corrected chi connectivity index (χ3v) is 4.12. The van der Waals surface area contributed by atoms with Crippen molar-refractivity contribution in [1.29, 1.82) is 0 Å². The molecule has 3 rings (SSSR count). The van der Waals surface area contributed by atoms with Gasteiger partial charge in [0.25, 0.3) is 0 Å². The molecule has 26 heavy (non-hydrogen) atoms. The first-order chi connectivity index (χ1) is 12.5. The number of aryl methyl sites for hydroxylation is 1. The van der Waals surface area contributed by atoms with Crippen LogP contribution in [-0.2, 0) is 11.3 Å². The van der Waals surface area contributed by atoms with Gasteiger partial charge in [-0.25, -0.2) is 0 Å². The molecular weight excluding hydrogens is 328 g/mol. The second kappa shape index (κ2) is 7.88. The molecular formula is C19H22N6O. The van der Waals surface area contributed by atoms with Crippen molar-refractivity contribution in [1.82, 2.24) is 30.8 Å². The van der Waals surface area contributed by atoms with Gasteiger partial charge in [0.05, 0.1) is 0 Å². The summed E-state index contributed by atoms with van der Waals surface area (Å²) in [5.74, 6) is 0.495. The molecule has 0 radical (unpaired) electrons. The van der Waals surface area contributed by atoms with Gasteiger partial charge in [-0.2, -0.15) is 5.21 Å². The maximum Gasteiger partial charge on any atom is 0.242 e. The standard InChI is InChI=1S/C19H22N6O/c1-13-6-4-8-15(10-13)17(25(2)3)19(26)20-12-14-7-5-9-16(11-14)18-21-23-24-22-18/h4-11,17H,12H2,1-3H3,(H,20,26)(H,21,22,23,24)/t17-/m1/s1. The van der Waals surface area contributed by atoms with E-state index in [1.54, 1.807) is 0 Å². The van der Waals surface area contributed by atoms with Gasteiger partial charge in [-0.1, -0.05) is 48.0 Å². The summed E-state index contributed by atoms with van der Waals surface area (Å²) in [6, 6.07) is 15.4. The molecule has 1 atom stereocenters. The number of H-pyrrole nitrogens is 1. The Labute approximate surface area is 152 Å². The monoisotopic (exact) mass is 350 g/mol. The Kier molecular flexibility index (Phi) is 5.38. The van der Waals surface area contributed by atoms with E-state index < -0.39 is 0 Å². The van der Waals surface area contributed by atoms with Crippen LogP contribution in [0.3, 0.4) is 0 Å². The van der Waals surface area contributed by atoms with E-state index in [4.69, 9.17) is 0 Å². The van der Waals surface area contributed by atoms with Gasteiger partial charge in [-0.3, -0.25) is 9.69 Å². The zero-order valence-electron chi connectivity index (χ0n) is 15.1. The molecule has 2 N–H and O–H groups in total. The van der Waals surface area contributed by atoms with Gasteiger partial charge in [-0.05, 0) is 43.4 Å². The minimum atomic E-state index is -0.338. The lowest BCUT2D eigenvalue weighted by atomic mass is 10.0. The van der Waals surface area contributed by atoms with Gasteiger partial charge in [0.15, 0.2) is 0 Å². The van der Waals surface area contributed by atoms with Crippen LogP contribution in [0.2, 0.25) is 0 Å². The second-order valence-corrected chi connectivity index (χ2v) is 6.43. The van der Waals surface area contributed by atoms with Gasteiger partial charge in [-0.15, -0.1) is 10.2 Å². The normalized spacial score (nSPS) is 12.2. The van der Waals surface area contributed by atoms with E-state index in [1.807, 2.05) is 74.4 Å². The lowest BCUT2D eigenvalue weighted by Crippen LogP contribution is -2.36. The van der Waals surface area contributed by atoms with Crippen LogP contribution in [0.1, 0.15) is 22.7 Å². The lowest BCUT2D eigenvalue weighted by molar-refractivity contribution is -0.125. The topological polar surface area (TPSA) is 86.8 Å². The summed E-state index contributed by atoms with van der Waals surface area (Å²) in [6.45, 7) is 2.46. The molecule has 1 aromatic heterocycles. The highest BCUT2D eigenvalue weighted by Crippen LogP contribution is 2.20. The fourth-order valence-corrected chi connectivity index (χ4v) is 2.91. The third kappa shape index (κ3) is 4.12. The summed E-state index contributed by atoms with van der Waals surface area (Å²) >= 11 is 0. The number of amides is 1. The molecule has 2 aromatic carbocycles. The Balaban J connectivity index is 1.72. The predicted molar refractivity (Wildman–Crippen MR) is 99.1 cm³/mol. The van der Waals surface area contributed by atoms with E-state index >= 15 is 0 Å². The molecule has 0 aliphatic heterocycles. The average Bonchev–Trinajstić information content (AvgIpc) is 3.15. The highest BCUT2D eigenvalue weighted by atomic mass is 16.2. The molecule has 0 aliphatic rings. The summed E-state index contributed by atoms with van der Waals surface area (Å²) in [7, 11) is 3.81. The first kappa shape index (κ1) is 17.8. The van der Waals surface area contributed by atoms with Gasteiger partial charge in [0, 0.05) is 12.1 Å². The number of nitrogens with one attached hydrogen (secondary N) is 2. The van der Waals surface area contributed by atoms with Crippen LogP contribution in [0.5, 0.6) is 0 Å². The van der Waals surface area contributed by atoms with Crippen molar-refractivity contribution in [2.45, 2.75) is 19.5 Å². The average molecular weight is 350 g/mol. The van der Waals surface area contributed by atoms with Crippen molar-refractivity contribution in [3.63, 3.8) is 0 Å². The number of aromatic amines is 1. The van der Waals surface area contributed by atoms with Crippen LogP contribution in [0.25, 0.3) is 11.4 Å². The summed E-state index contributed by atoms with van der Waals surface area (Å²) in [5.41, 5.74) is 3.94. The summed E-state index contributed by atoms with van der Waals surface area (Å²) in [4.78, 5) is 14.7. The number of likely N-dealkylation sites (N-methyl/N-ethyl adjacent to an activating group) is 1. The number of rotatable bonds is 6. The molecule has 0 spiro atoms. The Hall–Kier alpha value is -3.06. The molecule has 0 bridgehead atoms. The number of hydrogen-bond acceptors (Lipinski definition) is 5. The predicted octanol–water partition coefficient (Wildman–Crippen LogP) is 2.09. The zero-order valence-corrected chi connectivity index (χ0v) is 15.1. The summed E-state index contributed by atoms with van der Waals surface area (Å²) in [5, 5.41) is 17.0. The third-order valence-electron chi connectivity index (χ3n) is 4.12. The molecule has 0 aliphatic carbocycles. The molecule has 0 saturated heterocycles. The van der Waals surface area contributed by atoms with Crippen LogP contribution in [0.15, 0.2) is 48.5 Å². The van der Waals surface area contributed by atoms with E-state index in [9.17, 15) is 4.79 Å². The molecule has 134 valence electrons. The van der Waals surface area contributed by atoms with Crippen LogP contribution in [0.4, 0.5) is 0 Å². The van der Waals surface area contributed by atoms with Crippen LogP contribution < -0.4 is 5.32 Å². The molecule has 0 fully saturated rings. The van der Waals surface area contributed by atoms with Gasteiger partial charge in [0.2, 0.25) is 11.7 Å². The van der Waals surface area contributed by atoms with Crippen molar-refractivity contribution in [3.05, 3.63) is 65.2 Å². The second-order valence-electron chi connectivity index (χ2n) is 6.43. The zero-order chi connectivity index (χ0) is 18.5. The van der Waals surface area contributed by atoms with Crippen molar-refractivity contribution < 1.29 is 4.79 Å². The van der Waals surface area contributed by atoms with E-state index in [0.29, 0.717) is 12.4 Å². The molecule has 7 nitrogen and oxygen atoms in total. The first-order valence-electron chi connectivity index (χ1n) is 8.38. The maximum absolute atomic E-state index is 12.8. The van der Waals surface area contributed by atoms with Crippen molar-refractivity contribution in [2.75, 3.05) is 14.1 Å². The minimum Gasteiger partial charge on any atom is -0.350 e. The Bertz CT molecular complexity index is 875. The molecule has 0 unspecified atom stereocenters. The minimum absolute atomic E-state index is 0.0365. The highest BCUT2D eigenvalue weighted by molar-refractivity contribution is 5.83. The quantitative estimate of drug-likeness (QED) is 0.711. The maximum atomic E-state index is 12.8. The van der Waals surface area contributed by atoms with E-state index in [0.717, 1.165) is 22.3 Å². The van der Waals surface area contributed by atoms with Crippen molar-refractivity contribution in [3.8, 4) is 11.4 Å². The Morgan fingerprint density at radius 1 is 1.19 bits per heavy atom. The smallest absolute Gasteiger partial charge is 0.242 e. The number of carbonyl (C=O) groups is 1. The van der Waals surface area contributed by atoms with Crippen molar-refractivity contribution >= 4 is 5.91 Å². The van der Waals surface area contributed by atoms with E-state index in [-0.39, 0.29) is 11.9 Å². The SMILES string of the molecule is Cc1cccc([C@H](C(=O)NCc2cccc(-c3nn[nH]n3)c2)N(C)C)c1. The van der Waals surface area contributed by atoms with Gasteiger partial charge in [0.1, 0.15) is 6.04 Å². The van der Waals surface area contributed by atoms with Crippen molar-refractivity contribution in [2.24, 2.45) is 0 Å². The van der Waals surface area contributed by atoms with Crippen LogP contribution in [0, 0.1) is 6.92 Å². The number of aromatic nitrogens is 4. The number of hydrogen-bond donors (Lipinski definition) is 2. The Morgan fingerprint density at radius 2 is 2.00 bits per heavy atom. The van der Waals surface area contributed by atoms with Gasteiger partial charge < -0.3 is 5.32 Å². The van der Waals surface area contributed by atoms with Crippen LogP contribution >= 0.6 is 0 Å². The largest absolute Gasteiger partial charge is 0.350 e. The van der Waals surface area contributed by atoms with E-state index in [2.05, 4.69) is 25.9 Å². The number of carbonyl (C=O) groups excluding carboxylic acids is 1. The molecule has 3 aromatic rings. The fourth-order valence-electron chi connectivity index (χ4n) is 2.91. The molecule has 7 heteroatoms. The number of nitrogens with zero attached hydrogens (tertiary/aromatic N) is 4. The Morgan fingerprint density at radius 3 is 2.69 bits per heavy atom. The summed E-state index contributed by atoms with van der Waals surface area (Å²) in [6.07, 6.45) is 0. The number of tetrazole rings is 1. The van der Waals surface area contributed by atoms with E-state index in [1.165, 1.54) is 0 Å². The molecule has 1 heterocycles. The summed E-state index contributed by atoms with van der Waals surface area (Å²) < 4.78 is 0. The van der Waals surface area contributed by atoms with Crippen LogP contribution in [-0.4, -0.2) is 45.5 Å².